The fourth-order valence-corrected chi connectivity index (χ4v) is 2.27. The number of rotatable bonds is 3. The number of H-pyrrole nitrogens is 2. The molecule has 108 valence electrons. The van der Waals surface area contributed by atoms with Crippen LogP contribution in [0.3, 0.4) is 0 Å². The van der Waals surface area contributed by atoms with Gasteiger partial charge in [-0.2, -0.15) is 0 Å². The molecule has 0 amide bonds. The smallest absolute Gasteiger partial charge is 0.323 e. The third-order valence-electron chi connectivity index (χ3n) is 3.35. The number of hydrogen-bond acceptors (Lipinski definition) is 2. The molecule has 21 heavy (non-hydrogen) atoms. The number of aromatic nitrogens is 2. The van der Waals surface area contributed by atoms with Gasteiger partial charge in [-0.3, -0.25) is 0 Å². The first-order valence-electron chi connectivity index (χ1n) is 6.37. The number of benzene rings is 2. The van der Waals surface area contributed by atoms with Gasteiger partial charge in [0.15, 0.2) is 0 Å². The summed E-state index contributed by atoms with van der Waals surface area (Å²) in [6.07, 6.45) is -0.931. The molecule has 1 atom stereocenters. The van der Waals surface area contributed by atoms with E-state index in [1.807, 2.05) is 0 Å². The van der Waals surface area contributed by atoms with Gasteiger partial charge in [-0.05, 0) is 29.3 Å². The highest BCUT2D eigenvalue weighted by Gasteiger charge is 2.13. The molecule has 0 aliphatic carbocycles. The van der Waals surface area contributed by atoms with E-state index in [4.69, 9.17) is 0 Å². The number of fused-ring (bicyclic) bond motifs is 1. The summed E-state index contributed by atoms with van der Waals surface area (Å²) >= 11 is 0. The minimum absolute atomic E-state index is 0.0201. The van der Waals surface area contributed by atoms with Gasteiger partial charge in [0, 0.05) is 12.5 Å². The second kappa shape index (κ2) is 5.14. The van der Waals surface area contributed by atoms with Crippen LogP contribution < -0.4 is 5.69 Å². The molecule has 0 spiro atoms. The van der Waals surface area contributed by atoms with Crippen LogP contribution in [0, 0.1) is 11.6 Å². The maximum absolute atomic E-state index is 13.6. The lowest BCUT2D eigenvalue weighted by atomic mass is 10.0. The van der Waals surface area contributed by atoms with Crippen molar-refractivity contribution in [2.45, 2.75) is 12.5 Å². The number of halogens is 2. The molecule has 1 heterocycles. The quantitative estimate of drug-likeness (QED) is 0.693. The molecule has 0 saturated carbocycles. The summed E-state index contributed by atoms with van der Waals surface area (Å²) in [4.78, 5) is 16.4. The van der Waals surface area contributed by atoms with E-state index in [0.29, 0.717) is 16.6 Å². The van der Waals surface area contributed by atoms with E-state index in [1.165, 1.54) is 6.07 Å². The zero-order valence-electron chi connectivity index (χ0n) is 10.9. The number of hydrogen-bond donors (Lipinski definition) is 3. The molecule has 1 aromatic heterocycles. The van der Waals surface area contributed by atoms with E-state index in [1.54, 1.807) is 18.2 Å². The first kappa shape index (κ1) is 13.5. The van der Waals surface area contributed by atoms with Gasteiger partial charge in [-0.1, -0.05) is 12.1 Å². The van der Waals surface area contributed by atoms with Crippen molar-refractivity contribution in [1.82, 2.24) is 9.97 Å². The summed E-state index contributed by atoms with van der Waals surface area (Å²) in [5, 5.41) is 10.2. The Morgan fingerprint density at radius 2 is 1.81 bits per heavy atom. The Labute approximate surface area is 118 Å². The molecule has 4 nitrogen and oxygen atoms in total. The zero-order valence-corrected chi connectivity index (χ0v) is 10.9. The van der Waals surface area contributed by atoms with E-state index in [2.05, 4.69) is 9.97 Å². The van der Waals surface area contributed by atoms with E-state index in [9.17, 15) is 18.7 Å². The summed E-state index contributed by atoms with van der Waals surface area (Å²) in [6.45, 7) is 0. The Hall–Kier alpha value is -2.47. The SMILES string of the molecule is O=c1[nH]c2ccc(C(O)Cc3ccc(F)cc3F)cc2[nH]1. The molecule has 3 N–H and O–H groups in total. The number of aliphatic hydroxyl groups is 1. The van der Waals surface area contributed by atoms with Crippen LogP contribution in [0.1, 0.15) is 17.2 Å². The van der Waals surface area contributed by atoms with Gasteiger partial charge >= 0.3 is 5.69 Å². The number of aliphatic hydroxyl groups excluding tert-OH is 1. The molecule has 0 fully saturated rings. The number of aromatic amines is 2. The maximum atomic E-state index is 13.6. The van der Waals surface area contributed by atoms with Gasteiger partial charge in [0.25, 0.3) is 0 Å². The molecule has 0 aliphatic heterocycles. The van der Waals surface area contributed by atoms with Gasteiger partial charge in [0.1, 0.15) is 11.6 Å². The van der Waals surface area contributed by atoms with E-state index in [-0.39, 0.29) is 17.7 Å². The Bertz CT molecular complexity index is 854. The predicted molar refractivity (Wildman–Crippen MR) is 73.9 cm³/mol. The van der Waals surface area contributed by atoms with Crippen LogP contribution in [0.4, 0.5) is 8.78 Å². The van der Waals surface area contributed by atoms with Gasteiger partial charge in [-0.15, -0.1) is 0 Å². The average Bonchev–Trinajstić information content (AvgIpc) is 2.80. The molecule has 0 aliphatic rings. The van der Waals surface area contributed by atoms with Gasteiger partial charge < -0.3 is 15.1 Å². The lowest BCUT2D eigenvalue weighted by molar-refractivity contribution is 0.177. The van der Waals surface area contributed by atoms with Crippen LogP contribution in [0.15, 0.2) is 41.2 Å². The predicted octanol–water partition coefficient (Wildman–Crippen LogP) is 2.41. The standard InChI is InChI=1S/C15H12F2N2O2/c16-10-3-1-8(11(17)7-10)6-14(20)9-2-4-12-13(5-9)19-15(21)18-12/h1-5,7,14,20H,6H2,(H2,18,19,21). The molecule has 0 bridgehead atoms. The lowest BCUT2D eigenvalue weighted by Gasteiger charge is -2.12. The summed E-state index contributed by atoms with van der Waals surface area (Å²) in [5.74, 6) is -1.35. The third-order valence-corrected chi connectivity index (χ3v) is 3.35. The maximum Gasteiger partial charge on any atom is 0.323 e. The zero-order chi connectivity index (χ0) is 15.0. The van der Waals surface area contributed by atoms with Crippen molar-refractivity contribution in [3.8, 4) is 0 Å². The van der Waals surface area contributed by atoms with E-state index < -0.39 is 17.7 Å². The van der Waals surface area contributed by atoms with Gasteiger partial charge in [-0.25, -0.2) is 13.6 Å². The second-order valence-electron chi connectivity index (χ2n) is 4.84. The third kappa shape index (κ3) is 2.71. The summed E-state index contributed by atoms with van der Waals surface area (Å²) < 4.78 is 26.4. The Kier molecular flexibility index (Phi) is 3.31. The number of nitrogens with one attached hydrogen (secondary N) is 2. The fourth-order valence-electron chi connectivity index (χ4n) is 2.27. The Morgan fingerprint density at radius 3 is 2.57 bits per heavy atom. The Balaban J connectivity index is 1.89. The fraction of sp³-hybridized carbons (Fsp3) is 0.133. The van der Waals surface area contributed by atoms with Crippen LogP contribution in [0.25, 0.3) is 11.0 Å². The Morgan fingerprint density at radius 1 is 1.05 bits per heavy atom. The van der Waals surface area contributed by atoms with Gasteiger partial charge in [0.2, 0.25) is 0 Å². The van der Waals surface area contributed by atoms with Crippen molar-refractivity contribution in [2.24, 2.45) is 0 Å². The van der Waals surface area contributed by atoms with Crippen LogP contribution in [-0.2, 0) is 6.42 Å². The molecule has 2 aromatic carbocycles. The van der Waals surface area contributed by atoms with Crippen LogP contribution in [0.2, 0.25) is 0 Å². The highest BCUT2D eigenvalue weighted by molar-refractivity contribution is 5.75. The molecule has 3 aromatic rings. The van der Waals surface area contributed by atoms with Crippen LogP contribution >= 0.6 is 0 Å². The summed E-state index contributed by atoms with van der Waals surface area (Å²) in [7, 11) is 0. The molecule has 0 radical (unpaired) electrons. The minimum Gasteiger partial charge on any atom is -0.388 e. The minimum atomic E-state index is -0.951. The largest absolute Gasteiger partial charge is 0.388 e. The monoisotopic (exact) mass is 290 g/mol. The van der Waals surface area contributed by atoms with Crippen LogP contribution in [-0.4, -0.2) is 15.1 Å². The van der Waals surface area contributed by atoms with Crippen molar-refractivity contribution in [1.29, 1.82) is 0 Å². The first-order valence-corrected chi connectivity index (χ1v) is 6.37. The summed E-state index contributed by atoms with van der Waals surface area (Å²) in [6, 6.07) is 8.18. The van der Waals surface area contributed by atoms with Crippen LogP contribution in [0.5, 0.6) is 0 Å². The van der Waals surface area contributed by atoms with Crippen molar-refractivity contribution in [2.75, 3.05) is 0 Å². The van der Waals surface area contributed by atoms with Crippen molar-refractivity contribution in [3.05, 3.63) is 69.6 Å². The number of imidazole rings is 1. The van der Waals surface area contributed by atoms with Gasteiger partial charge in [0.05, 0.1) is 17.1 Å². The van der Waals surface area contributed by atoms with E-state index >= 15 is 0 Å². The first-order chi connectivity index (χ1) is 10.0. The average molecular weight is 290 g/mol. The van der Waals surface area contributed by atoms with Crippen molar-refractivity contribution < 1.29 is 13.9 Å². The van der Waals surface area contributed by atoms with Crippen molar-refractivity contribution >= 4 is 11.0 Å². The normalized spacial score (nSPS) is 12.7. The molecule has 6 heteroatoms. The van der Waals surface area contributed by atoms with E-state index in [0.717, 1.165) is 12.1 Å². The lowest BCUT2D eigenvalue weighted by Crippen LogP contribution is -2.04. The second-order valence-corrected chi connectivity index (χ2v) is 4.84. The highest BCUT2D eigenvalue weighted by atomic mass is 19.1. The summed E-state index contributed by atoms with van der Waals surface area (Å²) in [5.41, 5.74) is 1.63. The molecular weight excluding hydrogens is 278 g/mol. The van der Waals surface area contributed by atoms with Crippen molar-refractivity contribution in [3.63, 3.8) is 0 Å². The topological polar surface area (TPSA) is 68.9 Å². The molecular formula is C15H12F2N2O2. The highest BCUT2D eigenvalue weighted by Crippen LogP contribution is 2.22. The molecule has 1 unspecified atom stereocenters. The molecule has 3 rings (SSSR count). The molecule has 0 saturated heterocycles.